The number of nitrogens with one attached hydrogen (secondary N) is 1. The second-order valence-electron chi connectivity index (χ2n) is 7.26. The lowest BCUT2D eigenvalue weighted by Gasteiger charge is -2.28. The number of pyridine rings is 1. The van der Waals surface area contributed by atoms with E-state index in [4.69, 9.17) is 4.52 Å². The van der Waals surface area contributed by atoms with E-state index in [1.54, 1.807) is 11.1 Å². The molecule has 146 valence electrons. The van der Waals surface area contributed by atoms with Gasteiger partial charge in [0, 0.05) is 30.8 Å². The predicted octanol–water partition coefficient (Wildman–Crippen LogP) is 4.05. The van der Waals surface area contributed by atoms with Gasteiger partial charge in [0.2, 0.25) is 0 Å². The minimum Gasteiger partial charge on any atom is -0.359 e. The molecule has 3 heterocycles. The number of hydrogen-bond acceptors (Lipinski definition) is 5. The number of hydrogen-bond donors (Lipinski definition) is 1. The van der Waals surface area contributed by atoms with Crippen molar-refractivity contribution in [2.45, 2.75) is 38.8 Å². The van der Waals surface area contributed by atoms with Crippen molar-refractivity contribution in [2.75, 3.05) is 23.4 Å². The number of carbonyl (C=O) groups excluding carboxylic acids is 1. The van der Waals surface area contributed by atoms with Crippen molar-refractivity contribution in [3.8, 4) is 0 Å². The van der Waals surface area contributed by atoms with E-state index in [0.717, 1.165) is 12.3 Å². The summed E-state index contributed by atoms with van der Waals surface area (Å²) in [5.41, 5.74) is -1.08. The van der Waals surface area contributed by atoms with E-state index >= 15 is 0 Å². The summed E-state index contributed by atoms with van der Waals surface area (Å²) in [6, 6.07) is 3.39. The van der Waals surface area contributed by atoms with Crippen LogP contribution in [-0.4, -0.2) is 34.3 Å². The largest absolute Gasteiger partial charge is 0.417 e. The van der Waals surface area contributed by atoms with Crippen LogP contribution >= 0.6 is 0 Å². The Kier molecular flexibility index (Phi) is 4.75. The zero-order valence-corrected chi connectivity index (χ0v) is 15.2. The molecule has 2 aromatic heterocycles. The van der Waals surface area contributed by atoms with Gasteiger partial charge in [0.1, 0.15) is 11.6 Å². The lowest BCUT2D eigenvalue weighted by Crippen LogP contribution is -2.44. The van der Waals surface area contributed by atoms with Crippen molar-refractivity contribution in [3.05, 3.63) is 35.7 Å². The minimum atomic E-state index is -4.45. The molecular weight excluding hydrogens is 363 g/mol. The summed E-state index contributed by atoms with van der Waals surface area (Å²) in [5, 5.41) is 9.41. The van der Waals surface area contributed by atoms with Crippen LogP contribution in [0.1, 0.15) is 38.5 Å². The third kappa shape index (κ3) is 4.15. The number of amides is 2. The number of alkyl halides is 3. The molecule has 1 aliphatic rings. The van der Waals surface area contributed by atoms with Crippen molar-refractivity contribution >= 4 is 17.7 Å². The predicted molar refractivity (Wildman–Crippen MR) is 92.1 cm³/mol. The second kappa shape index (κ2) is 6.75. The first kappa shape index (κ1) is 19.0. The molecule has 3 rings (SSSR count). The topological polar surface area (TPSA) is 74.5 Å². The molecule has 1 N–H and O–H groups in total. The van der Waals surface area contributed by atoms with Gasteiger partial charge in [0.15, 0.2) is 5.82 Å². The molecule has 0 aliphatic carbocycles. The Labute approximate surface area is 154 Å². The Morgan fingerprint density at radius 1 is 1.22 bits per heavy atom. The first-order valence-electron chi connectivity index (χ1n) is 8.42. The summed E-state index contributed by atoms with van der Waals surface area (Å²) in [6.45, 7) is 6.75. The highest BCUT2D eigenvalue weighted by Gasteiger charge is 2.33. The van der Waals surface area contributed by atoms with Crippen LogP contribution in [0.4, 0.5) is 29.6 Å². The van der Waals surface area contributed by atoms with E-state index < -0.39 is 17.8 Å². The number of anilines is 2. The van der Waals surface area contributed by atoms with Crippen LogP contribution in [0.3, 0.4) is 0 Å². The Hall–Kier alpha value is -2.78. The number of nitrogens with zero attached hydrogens (tertiary/aromatic N) is 4. The highest BCUT2D eigenvalue weighted by atomic mass is 19.4. The average Bonchev–Trinajstić information content (AvgIpc) is 3.22. The van der Waals surface area contributed by atoms with Gasteiger partial charge in [0.05, 0.1) is 5.56 Å². The molecule has 0 bridgehead atoms. The number of aromatic nitrogens is 2. The lowest BCUT2D eigenvalue weighted by molar-refractivity contribution is -0.137. The lowest BCUT2D eigenvalue weighted by atomic mass is 9.93. The molecule has 2 amide bonds. The van der Waals surface area contributed by atoms with Crippen molar-refractivity contribution in [1.29, 1.82) is 0 Å². The fourth-order valence-electron chi connectivity index (χ4n) is 2.63. The molecule has 7 nitrogen and oxygen atoms in total. The summed E-state index contributed by atoms with van der Waals surface area (Å²) in [7, 11) is 0. The monoisotopic (exact) mass is 383 g/mol. The van der Waals surface area contributed by atoms with E-state index in [1.165, 1.54) is 11.1 Å². The number of rotatable bonds is 2. The van der Waals surface area contributed by atoms with Crippen molar-refractivity contribution in [3.63, 3.8) is 0 Å². The van der Waals surface area contributed by atoms with Crippen LogP contribution in [0.5, 0.6) is 0 Å². The second-order valence-corrected chi connectivity index (χ2v) is 7.26. The molecule has 2 aromatic rings. The molecule has 0 radical (unpaired) electrons. The van der Waals surface area contributed by atoms with Crippen LogP contribution in [0.15, 0.2) is 28.9 Å². The van der Waals surface area contributed by atoms with Crippen molar-refractivity contribution < 1.29 is 22.5 Å². The van der Waals surface area contributed by atoms with Gasteiger partial charge in [-0.1, -0.05) is 25.9 Å². The summed E-state index contributed by atoms with van der Waals surface area (Å²) in [4.78, 5) is 16.4. The molecule has 10 heteroatoms. The smallest absolute Gasteiger partial charge is 0.359 e. The maximum atomic E-state index is 12.7. The van der Waals surface area contributed by atoms with Crippen molar-refractivity contribution in [1.82, 2.24) is 15.1 Å². The Morgan fingerprint density at radius 2 is 1.96 bits per heavy atom. The van der Waals surface area contributed by atoms with Crippen LogP contribution in [0.2, 0.25) is 0 Å². The zero-order chi connectivity index (χ0) is 19.8. The summed E-state index contributed by atoms with van der Waals surface area (Å²) < 4.78 is 43.3. The number of urea groups is 1. The molecule has 0 atom stereocenters. The number of hydrazine groups is 1. The van der Waals surface area contributed by atoms with Crippen LogP contribution in [-0.2, 0) is 11.6 Å². The minimum absolute atomic E-state index is 0.250. The number of halogens is 3. The molecule has 0 aromatic carbocycles. The third-order valence-electron chi connectivity index (χ3n) is 4.09. The zero-order valence-electron chi connectivity index (χ0n) is 15.2. The van der Waals surface area contributed by atoms with Gasteiger partial charge in [-0.25, -0.2) is 14.8 Å². The van der Waals surface area contributed by atoms with Crippen LogP contribution in [0, 0.1) is 0 Å². The molecule has 1 saturated heterocycles. The molecule has 27 heavy (non-hydrogen) atoms. The molecule has 1 fully saturated rings. The summed E-state index contributed by atoms with van der Waals surface area (Å²) >= 11 is 0. The van der Waals surface area contributed by atoms with E-state index in [-0.39, 0.29) is 17.1 Å². The fraction of sp³-hybridized carbons (Fsp3) is 0.471. The highest BCUT2D eigenvalue weighted by molar-refractivity contribution is 5.89. The van der Waals surface area contributed by atoms with Gasteiger partial charge >= 0.3 is 12.2 Å². The maximum absolute atomic E-state index is 12.7. The highest BCUT2D eigenvalue weighted by Crippen LogP contribution is 2.30. The standard InChI is InChI=1S/C17H20F3N5O2/c1-16(2,3)12-9-13(23-27-12)22-15(26)25-8-4-7-24(25)14-6-5-11(10-21-14)17(18,19)20/h5-6,9-10H,4,7-8H2,1-3H3,(H,22,23,26). The van der Waals surface area contributed by atoms with E-state index in [1.807, 2.05) is 20.8 Å². The third-order valence-corrected chi connectivity index (χ3v) is 4.09. The Morgan fingerprint density at radius 3 is 2.52 bits per heavy atom. The molecule has 0 spiro atoms. The van der Waals surface area contributed by atoms with E-state index in [9.17, 15) is 18.0 Å². The van der Waals surface area contributed by atoms with Gasteiger partial charge in [-0.3, -0.25) is 10.3 Å². The van der Waals surface area contributed by atoms with Crippen LogP contribution in [0.25, 0.3) is 0 Å². The SMILES string of the molecule is CC(C)(C)c1cc(NC(=O)N2CCCN2c2ccc(C(F)(F)F)cn2)no1. The molecular formula is C17H20F3N5O2. The first-order valence-corrected chi connectivity index (χ1v) is 8.42. The molecule has 0 unspecified atom stereocenters. The molecule has 0 saturated carbocycles. The fourth-order valence-corrected chi connectivity index (χ4v) is 2.63. The average molecular weight is 383 g/mol. The summed E-state index contributed by atoms with van der Waals surface area (Å²) in [6.07, 6.45) is -3.02. The number of carbonyl (C=O) groups is 1. The normalized spacial score (nSPS) is 15.3. The molecule has 1 aliphatic heterocycles. The van der Waals surface area contributed by atoms with Gasteiger partial charge in [-0.2, -0.15) is 13.2 Å². The Balaban J connectivity index is 1.72. The van der Waals surface area contributed by atoms with Gasteiger partial charge in [-0.15, -0.1) is 0 Å². The maximum Gasteiger partial charge on any atom is 0.417 e. The van der Waals surface area contributed by atoms with Crippen molar-refractivity contribution in [2.24, 2.45) is 0 Å². The van der Waals surface area contributed by atoms with Gasteiger partial charge in [0.25, 0.3) is 0 Å². The summed E-state index contributed by atoms with van der Waals surface area (Å²) in [5.74, 6) is 1.17. The van der Waals surface area contributed by atoms with Gasteiger partial charge in [-0.05, 0) is 18.6 Å². The van der Waals surface area contributed by atoms with E-state index in [2.05, 4.69) is 15.5 Å². The van der Waals surface area contributed by atoms with Gasteiger partial charge < -0.3 is 4.52 Å². The van der Waals surface area contributed by atoms with E-state index in [0.29, 0.717) is 25.3 Å². The quantitative estimate of drug-likeness (QED) is 0.847. The van der Waals surface area contributed by atoms with Crippen LogP contribution < -0.4 is 10.3 Å². The first-order chi connectivity index (χ1) is 12.6. The Bertz CT molecular complexity index is 811.